The highest BCUT2D eigenvalue weighted by Gasteiger charge is 2.18. The van der Waals surface area contributed by atoms with Crippen molar-refractivity contribution in [1.29, 1.82) is 0 Å². The van der Waals surface area contributed by atoms with Gasteiger partial charge < -0.3 is 14.2 Å². The molecular weight excluding hydrogens is 478 g/mol. The molecule has 34 heavy (non-hydrogen) atoms. The zero-order valence-electron chi connectivity index (χ0n) is 18.5. The van der Waals surface area contributed by atoms with E-state index in [0.717, 1.165) is 4.70 Å². The van der Waals surface area contributed by atoms with E-state index in [9.17, 15) is 13.2 Å². The first kappa shape index (κ1) is 23.3. The zero-order valence-corrected chi connectivity index (χ0v) is 20.1. The first-order valence-corrected chi connectivity index (χ1v) is 12.2. The van der Waals surface area contributed by atoms with E-state index < -0.39 is 15.9 Å². The summed E-state index contributed by atoms with van der Waals surface area (Å²) < 4.78 is 44.6. The number of hydrogen-bond acceptors (Lipinski definition) is 8. The molecule has 0 bridgehead atoms. The van der Waals surface area contributed by atoms with Crippen LogP contribution in [0.3, 0.4) is 0 Å². The summed E-state index contributed by atoms with van der Waals surface area (Å²) in [6.45, 7) is 0. The number of hydrogen-bond donors (Lipinski definition) is 2. The quantitative estimate of drug-likeness (QED) is 0.370. The third kappa shape index (κ3) is 4.75. The van der Waals surface area contributed by atoms with Gasteiger partial charge in [-0.15, -0.1) is 0 Å². The Morgan fingerprint density at radius 2 is 1.53 bits per heavy atom. The monoisotopic (exact) mass is 499 g/mol. The van der Waals surface area contributed by atoms with Crippen molar-refractivity contribution in [3.05, 3.63) is 66.2 Å². The minimum Gasteiger partial charge on any atom is -0.495 e. The van der Waals surface area contributed by atoms with E-state index in [1.807, 2.05) is 0 Å². The van der Waals surface area contributed by atoms with Crippen LogP contribution >= 0.6 is 11.3 Å². The van der Waals surface area contributed by atoms with Crippen LogP contribution in [0, 0.1) is 0 Å². The van der Waals surface area contributed by atoms with Crippen LogP contribution in [0.2, 0.25) is 0 Å². The van der Waals surface area contributed by atoms with Crippen molar-refractivity contribution in [1.82, 2.24) is 4.98 Å². The second-order valence-electron chi connectivity index (χ2n) is 6.98. The van der Waals surface area contributed by atoms with Crippen LogP contribution in [-0.4, -0.2) is 40.6 Å². The van der Waals surface area contributed by atoms with Gasteiger partial charge in [0.1, 0.15) is 5.75 Å². The maximum absolute atomic E-state index is 12.7. The number of carbonyl (C=O) groups excluding carboxylic acids is 1. The number of ether oxygens (including phenoxy) is 3. The Hall–Kier alpha value is -3.83. The lowest BCUT2D eigenvalue weighted by Gasteiger charge is -2.12. The van der Waals surface area contributed by atoms with E-state index in [1.165, 1.54) is 49.8 Å². The zero-order chi connectivity index (χ0) is 24.3. The minimum atomic E-state index is -3.87. The molecule has 0 saturated carbocycles. The van der Waals surface area contributed by atoms with E-state index >= 15 is 0 Å². The highest BCUT2D eigenvalue weighted by Crippen LogP contribution is 2.36. The molecular formula is C23H21N3O6S2. The molecule has 0 fully saturated rings. The van der Waals surface area contributed by atoms with Crippen LogP contribution in [0.5, 0.6) is 17.2 Å². The first-order chi connectivity index (χ1) is 16.3. The lowest BCUT2D eigenvalue weighted by Crippen LogP contribution is -2.15. The lowest BCUT2D eigenvalue weighted by atomic mass is 10.2. The maximum atomic E-state index is 12.7. The topological polar surface area (TPSA) is 116 Å². The second-order valence-corrected chi connectivity index (χ2v) is 9.69. The molecule has 2 N–H and O–H groups in total. The molecule has 0 unspecified atom stereocenters. The molecule has 0 atom stereocenters. The summed E-state index contributed by atoms with van der Waals surface area (Å²) in [5.74, 6) is 1.08. The highest BCUT2D eigenvalue weighted by molar-refractivity contribution is 7.92. The number of rotatable bonds is 8. The number of fused-ring (bicyclic) bond motifs is 1. The fourth-order valence-corrected chi connectivity index (χ4v) is 5.14. The number of benzene rings is 3. The van der Waals surface area contributed by atoms with Crippen molar-refractivity contribution in [2.75, 3.05) is 31.4 Å². The predicted molar refractivity (Wildman–Crippen MR) is 131 cm³/mol. The van der Waals surface area contributed by atoms with Crippen molar-refractivity contribution in [2.24, 2.45) is 0 Å². The molecule has 4 rings (SSSR count). The van der Waals surface area contributed by atoms with Crippen LogP contribution in [0.4, 0.5) is 10.8 Å². The molecule has 1 aromatic heterocycles. The number of amides is 1. The summed E-state index contributed by atoms with van der Waals surface area (Å²) in [6, 6.07) is 15.8. The molecule has 0 spiro atoms. The summed E-state index contributed by atoms with van der Waals surface area (Å²) in [4.78, 5) is 17.1. The Morgan fingerprint density at radius 1 is 0.882 bits per heavy atom. The van der Waals surface area contributed by atoms with Crippen LogP contribution in [0.1, 0.15) is 10.4 Å². The molecule has 0 aliphatic rings. The molecule has 9 nitrogen and oxygen atoms in total. The van der Waals surface area contributed by atoms with E-state index in [1.54, 1.807) is 43.5 Å². The van der Waals surface area contributed by atoms with E-state index in [-0.39, 0.29) is 10.5 Å². The third-order valence-corrected chi connectivity index (χ3v) is 7.21. The largest absolute Gasteiger partial charge is 0.495 e. The summed E-state index contributed by atoms with van der Waals surface area (Å²) in [6.07, 6.45) is 0. The molecule has 4 aromatic rings. The summed E-state index contributed by atoms with van der Waals surface area (Å²) >= 11 is 1.28. The van der Waals surface area contributed by atoms with Crippen LogP contribution in [0.25, 0.3) is 10.2 Å². The number of para-hydroxylation sites is 2. The van der Waals surface area contributed by atoms with Crippen LogP contribution in [0.15, 0.2) is 65.6 Å². The molecule has 0 aliphatic heterocycles. The van der Waals surface area contributed by atoms with Gasteiger partial charge in [0, 0.05) is 17.7 Å². The molecule has 0 aliphatic carbocycles. The highest BCUT2D eigenvalue weighted by atomic mass is 32.2. The molecule has 11 heteroatoms. The van der Waals surface area contributed by atoms with Crippen molar-refractivity contribution in [3.63, 3.8) is 0 Å². The number of methoxy groups -OCH3 is 3. The van der Waals surface area contributed by atoms with Gasteiger partial charge in [0.15, 0.2) is 16.6 Å². The molecule has 0 radical (unpaired) electrons. The predicted octanol–water partition coefficient (Wildman–Crippen LogP) is 4.38. The Labute approximate surface area is 200 Å². The van der Waals surface area contributed by atoms with Gasteiger partial charge >= 0.3 is 0 Å². The van der Waals surface area contributed by atoms with Gasteiger partial charge in [-0.2, -0.15) is 0 Å². The van der Waals surface area contributed by atoms with Gasteiger partial charge in [0.25, 0.3) is 15.9 Å². The Bertz CT molecular complexity index is 1410. The van der Waals surface area contributed by atoms with Gasteiger partial charge in [0.05, 0.1) is 42.1 Å². The van der Waals surface area contributed by atoms with Gasteiger partial charge in [-0.1, -0.05) is 23.5 Å². The summed E-state index contributed by atoms with van der Waals surface area (Å²) in [5, 5.41) is 3.13. The van der Waals surface area contributed by atoms with E-state index in [4.69, 9.17) is 14.2 Å². The lowest BCUT2D eigenvalue weighted by molar-refractivity contribution is 0.102. The minimum absolute atomic E-state index is 0.00846. The van der Waals surface area contributed by atoms with Gasteiger partial charge in [0.2, 0.25) is 0 Å². The van der Waals surface area contributed by atoms with Crippen LogP contribution in [-0.2, 0) is 10.0 Å². The third-order valence-electron chi connectivity index (χ3n) is 4.89. The van der Waals surface area contributed by atoms with Gasteiger partial charge in [-0.3, -0.25) is 14.8 Å². The standard InChI is InChI=1S/C23H21N3O6S2/c1-30-18-7-5-4-6-16(18)26-34(28,29)15-10-8-14(9-11-15)22(27)25-23-24-17-12-19(31-2)20(32-3)13-21(17)33-23/h4-13,26H,1-3H3,(H,24,25,27). The molecule has 1 amide bonds. The first-order valence-electron chi connectivity index (χ1n) is 9.94. The number of anilines is 2. The molecule has 0 saturated heterocycles. The summed E-state index contributed by atoms with van der Waals surface area (Å²) in [5.41, 5.74) is 1.25. The van der Waals surface area contributed by atoms with E-state index in [0.29, 0.717) is 33.6 Å². The van der Waals surface area contributed by atoms with E-state index in [2.05, 4.69) is 15.0 Å². The molecule has 176 valence electrons. The average molecular weight is 500 g/mol. The number of thiazole rings is 1. The number of aromatic nitrogens is 1. The Balaban J connectivity index is 1.51. The number of nitrogens with zero attached hydrogens (tertiary/aromatic N) is 1. The van der Waals surface area contributed by atoms with Crippen molar-refractivity contribution < 1.29 is 27.4 Å². The Morgan fingerprint density at radius 3 is 2.21 bits per heavy atom. The average Bonchev–Trinajstić information content (AvgIpc) is 3.24. The molecule has 3 aromatic carbocycles. The molecule has 1 heterocycles. The summed E-state index contributed by atoms with van der Waals surface area (Å²) in [7, 11) is 0.665. The maximum Gasteiger partial charge on any atom is 0.262 e. The number of nitrogens with one attached hydrogen (secondary N) is 2. The van der Waals surface area contributed by atoms with Gasteiger partial charge in [-0.05, 0) is 36.4 Å². The van der Waals surface area contributed by atoms with Crippen molar-refractivity contribution in [3.8, 4) is 17.2 Å². The second kappa shape index (κ2) is 9.57. The van der Waals surface area contributed by atoms with Crippen molar-refractivity contribution >= 4 is 48.3 Å². The number of sulfonamides is 1. The van der Waals surface area contributed by atoms with Crippen molar-refractivity contribution in [2.45, 2.75) is 4.90 Å². The Kier molecular flexibility index (Phi) is 6.57. The normalized spacial score (nSPS) is 11.1. The van der Waals surface area contributed by atoms with Crippen LogP contribution < -0.4 is 24.2 Å². The SMILES string of the molecule is COc1ccccc1NS(=O)(=O)c1ccc(C(=O)Nc2nc3cc(OC)c(OC)cc3s2)cc1. The number of carbonyl (C=O) groups is 1. The fourth-order valence-electron chi connectivity index (χ4n) is 3.20. The van der Waals surface area contributed by atoms with Gasteiger partial charge in [-0.25, -0.2) is 13.4 Å². The smallest absolute Gasteiger partial charge is 0.262 e. The fraction of sp³-hybridized carbons (Fsp3) is 0.130.